The van der Waals surface area contributed by atoms with Crippen LogP contribution < -0.4 is 0 Å². The lowest BCUT2D eigenvalue weighted by molar-refractivity contribution is -0.0558. The van der Waals surface area contributed by atoms with Gasteiger partial charge < -0.3 is 9.47 Å². The minimum atomic E-state index is -0.562. The summed E-state index contributed by atoms with van der Waals surface area (Å²) in [7, 11) is 0. The number of carbonyl (C=O) groups is 2. The third-order valence-corrected chi connectivity index (χ3v) is 4.74. The summed E-state index contributed by atoms with van der Waals surface area (Å²) in [6.45, 7) is 10.2. The van der Waals surface area contributed by atoms with Gasteiger partial charge >= 0.3 is 6.09 Å². The number of amides is 1. The van der Waals surface area contributed by atoms with Gasteiger partial charge in [-0.25, -0.2) is 4.79 Å². The standard InChI is InChI=1S/C17H25NO4S/c1-11-6-7-23-15(11)14(19)8-13-10-21-9-12(2)18(13)16(20)22-17(3,4)5/h6-7,12-13H,8-10H2,1-5H3. The SMILES string of the molecule is Cc1ccsc1C(=O)CC1COCC(C)N1C(=O)OC(C)(C)C. The first-order chi connectivity index (χ1) is 10.7. The van der Waals surface area contributed by atoms with E-state index in [1.807, 2.05) is 46.1 Å². The van der Waals surface area contributed by atoms with E-state index in [-0.39, 0.29) is 30.4 Å². The number of ether oxygens (including phenoxy) is 2. The molecule has 1 saturated heterocycles. The van der Waals surface area contributed by atoms with Crippen LogP contribution in [0, 0.1) is 6.92 Å². The highest BCUT2D eigenvalue weighted by atomic mass is 32.1. The second-order valence-corrected chi connectivity index (χ2v) is 7.90. The molecular weight excluding hydrogens is 314 g/mol. The fourth-order valence-electron chi connectivity index (χ4n) is 2.66. The van der Waals surface area contributed by atoms with E-state index in [9.17, 15) is 9.59 Å². The summed E-state index contributed by atoms with van der Waals surface area (Å²) in [6.07, 6.45) is -0.126. The van der Waals surface area contributed by atoms with Crippen LogP contribution in [0.25, 0.3) is 0 Å². The molecule has 1 aliphatic rings. The Balaban J connectivity index is 2.12. The van der Waals surface area contributed by atoms with Gasteiger partial charge in [0.25, 0.3) is 0 Å². The second kappa shape index (κ2) is 7.01. The van der Waals surface area contributed by atoms with E-state index in [1.165, 1.54) is 11.3 Å². The molecule has 1 aliphatic heterocycles. The monoisotopic (exact) mass is 339 g/mol. The van der Waals surface area contributed by atoms with Gasteiger partial charge in [-0.3, -0.25) is 9.69 Å². The Hall–Kier alpha value is -1.40. The van der Waals surface area contributed by atoms with Crippen molar-refractivity contribution in [3.8, 4) is 0 Å². The molecule has 0 aromatic carbocycles. The van der Waals surface area contributed by atoms with Crippen LogP contribution in [0.3, 0.4) is 0 Å². The molecule has 1 aromatic heterocycles. The summed E-state index contributed by atoms with van der Waals surface area (Å²) in [5.74, 6) is 0.0498. The number of carbonyl (C=O) groups excluding carboxylic acids is 2. The van der Waals surface area contributed by atoms with Gasteiger partial charge in [-0.15, -0.1) is 11.3 Å². The molecule has 0 spiro atoms. The predicted octanol–water partition coefficient (Wildman–Crippen LogP) is 3.65. The fourth-order valence-corrected chi connectivity index (χ4v) is 3.54. The van der Waals surface area contributed by atoms with Crippen LogP contribution in [-0.4, -0.2) is 47.7 Å². The van der Waals surface area contributed by atoms with E-state index >= 15 is 0 Å². The van der Waals surface area contributed by atoms with Crippen LogP contribution in [0.1, 0.15) is 49.4 Å². The van der Waals surface area contributed by atoms with Crippen molar-refractivity contribution in [2.45, 2.75) is 58.7 Å². The molecule has 0 bridgehead atoms. The lowest BCUT2D eigenvalue weighted by Crippen LogP contribution is -2.55. The van der Waals surface area contributed by atoms with Crippen LogP contribution >= 0.6 is 11.3 Å². The van der Waals surface area contributed by atoms with E-state index < -0.39 is 5.60 Å². The number of Topliss-reactive ketones (excluding diaryl/α,β-unsaturated/α-hetero) is 1. The third kappa shape index (κ3) is 4.54. The summed E-state index contributed by atoms with van der Waals surface area (Å²) in [5.41, 5.74) is 0.419. The van der Waals surface area contributed by atoms with E-state index in [2.05, 4.69) is 0 Å². The van der Waals surface area contributed by atoms with E-state index in [4.69, 9.17) is 9.47 Å². The second-order valence-electron chi connectivity index (χ2n) is 6.99. The number of thiophene rings is 1. The highest BCUT2D eigenvalue weighted by Gasteiger charge is 2.36. The minimum absolute atomic E-state index is 0.0498. The van der Waals surface area contributed by atoms with Gasteiger partial charge in [0.2, 0.25) is 0 Å². The molecule has 0 aliphatic carbocycles. The van der Waals surface area contributed by atoms with Crippen LogP contribution in [0.15, 0.2) is 11.4 Å². The smallest absolute Gasteiger partial charge is 0.410 e. The maximum Gasteiger partial charge on any atom is 0.410 e. The van der Waals surface area contributed by atoms with E-state index in [0.717, 1.165) is 10.4 Å². The number of nitrogens with zero attached hydrogens (tertiary/aromatic N) is 1. The van der Waals surface area contributed by atoms with E-state index in [1.54, 1.807) is 4.90 Å². The highest BCUT2D eigenvalue weighted by Crippen LogP contribution is 2.24. The number of hydrogen-bond donors (Lipinski definition) is 0. The van der Waals surface area contributed by atoms with Crippen LogP contribution in [0.5, 0.6) is 0 Å². The van der Waals surface area contributed by atoms with Gasteiger partial charge in [0.15, 0.2) is 5.78 Å². The first-order valence-corrected chi connectivity index (χ1v) is 8.73. The maximum absolute atomic E-state index is 12.5. The zero-order valence-electron chi connectivity index (χ0n) is 14.4. The molecule has 2 atom stereocenters. The molecule has 6 heteroatoms. The summed E-state index contributed by atoms with van der Waals surface area (Å²) < 4.78 is 11.1. The van der Waals surface area contributed by atoms with Crippen molar-refractivity contribution in [2.24, 2.45) is 0 Å². The molecule has 0 saturated carbocycles. The van der Waals surface area contributed by atoms with Crippen molar-refractivity contribution in [1.82, 2.24) is 4.90 Å². The largest absolute Gasteiger partial charge is 0.444 e. The van der Waals surface area contributed by atoms with Crippen LogP contribution in [0.2, 0.25) is 0 Å². The summed E-state index contributed by atoms with van der Waals surface area (Å²) in [5, 5.41) is 1.91. The van der Waals surface area contributed by atoms with Crippen LogP contribution in [0.4, 0.5) is 4.79 Å². The van der Waals surface area contributed by atoms with Gasteiger partial charge in [0, 0.05) is 6.42 Å². The molecule has 0 N–H and O–H groups in total. The summed E-state index contributed by atoms with van der Waals surface area (Å²) in [4.78, 5) is 27.5. The molecule has 23 heavy (non-hydrogen) atoms. The first kappa shape index (κ1) is 17.9. The van der Waals surface area contributed by atoms with Crippen molar-refractivity contribution in [1.29, 1.82) is 0 Å². The number of morpholine rings is 1. The molecule has 2 rings (SSSR count). The Kier molecular flexibility index (Phi) is 5.47. The average molecular weight is 339 g/mol. The molecule has 1 amide bonds. The van der Waals surface area contributed by atoms with Gasteiger partial charge in [0.1, 0.15) is 5.60 Å². The van der Waals surface area contributed by atoms with Gasteiger partial charge in [-0.1, -0.05) is 0 Å². The van der Waals surface area contributed by atoms with Crippen molar-refractivity contribution >= 4 is 23.2 Å². The van der Waals surface area contributed by atoms with Crippen molar-refractivity contribution in [3.05, 3.63) is 21.9 Å². The lowest BCUT2D eigenvalue weighted by atomic mass is 10.0. The molecule has 128 valence electrons. The zero-order valence-corrected chi connectivity index (χ0v) is 15.2. The topological polar surface area (TPSA) is 55.8 Å². The average Bonchev–Trinajstić information content (AvgIpc) is 2.83. The lowest BCUT2D eigenvalue weighted by Gasteiger charge is -2.40. The Labute approximate surface area is 141 Å². The fraction of sp³-hybridized carbons (Fsp3) is 0.647. The predicted molar refractivity (Wildman–Crippen MR) is 90.1 cm³/mol. The number of rotatable bonds is 3. The minimum Gasteiger partial charge on any atom is -0.444 e. The molecule has 2 unspecified atom stereocenters. The number of aryl methyl sites for hydroxylation is 1. The summed E-state index contributed by atoms with van der Waals surface area (Å²) >= 11 is 1.44. The van der Waals surface area contributed by atoms with Gasteiger partial charge in [-0.05, 0) is 51.6 Å². The Morgan fingerprint density at radius 2 is 2.09 bits per heavy atom. The summed E-state index contributed by atoms with van der Waals surface area (Å²) in [6, 6.07) is 1.53. The number of ketones is 1. The maximum atomic E-state index is 12.5. The van der Waals surface area contributed by atoms with E-state index in [0.29, 0.717) is 13.2 Å². The third-order valence-electron chi connectivity index (χ3n) is 3.68. The van der Waals surface area contributed by atoms with Gasteiger partial charge in [0.05, 0.1) is 30.2 Å². The molecule has 0 radical (unpaired) electrons. The normalized spacial score (nSPS) is 22.0. The highest BCUT2D eigenvalue weighted by molar-refractivity contribution is 7.12. The van der Waals surface area contributed by atoms with Crippen LogP contribution in [-0.2, 0) is 9.47 Å². The van der Waals surface area contributed by atoms with Crippen molar-refractivity contribution in [2.75, 3.05) is 13.2 Å². The molecule has 2 heterocycles. The van der Waals surface area contributed by atoms with Crippen molar-refractivity contribution in [3.63, 3.8) is 0 Å². The molecule has 1 fully saturated rings. The van der Waals surface area contributed by atoms with Gasteiger partial charge in [-0.2, -0.15) is 0 Å². The molecule has 5 nitrogen and oxygen atoms in total. The quantitative estimate of drug-likeness (QED) is 0.789. The zero-order chi connectivity index (χ0) is 17.2. The molecular formula is C17H25NO4S. The Morgan fingerprint density at radius 1 is 1.39 bits per heavy atom. The Morgan fingerprint density at radius 3 is 2.65 bits per heavy atom. The first-order valence-electron chi connectivity index (χ1n) is 7.85. The van der Waals surface area contributed by atoms with Crippen molar-refractivity contribution < 1.29 is 19.1 Å². The number of hydrogen-bond acceptors (Lipinski definition) is 5. The Bertz CT molecular complexity index is 575. The molecule has 1 aromatic rings.